The summed E-state index contributed by atoms with van der Waals surface area (Å²) in [4.78, 5) is 14.5. The molecule has 1 N–H and O–H groups in total. The van der Waals surface area contributed by atoms with Crippen molar-refractivity contribution in [3.63, 3.8) is 0 Å². The van der Waals surface area contributed by atoms with Gasteiger partial charge in [0.2, 0.25) is 0 Å². The van der Waals surface area contributed by atoms with Crippen molar-refractivity contribution in [2.24, 2.45) is 0 Å². The third-order valence-corrected chi connectivity index (χ3v) is 4.60. The van der Waals surface area contributed by atoms with E-state index in [1.807, 2.05) is 52.8 Å². The predicted octanol–water partition coefficient (Wildman–Crippen LogP) is 2.73. The van der Waals surface area contributed by atoms with E-state index in [0.29, 0.717) is 25.4 Å². The van der Waals surface area contributed by atoms with Crippen LogP contribution in [0.25, 0.3) is 0 Å². The molecule has 0 spiro atoms. The quantitative estimate of drug-likeness (QED) is 0.870. The van der Waals surface area contributed by atoms with E-state index in [9.17, 15) is 9.90 Å². The molecule has 0 bridgehead atoms. The minimum atomic E-state index is -0.881. The molecule has 1 fully saturated rings. The first kappa shape index (κ1) is 19.8. The third kappa shape index (κ3) is 4.30. The van der Waals surface area contributed by atoms with Gasteiger partial charge in [0.05, 0.1) is 12.6 Å². The van der Waals surface area contributed by atoms with Crippen LogP contribution in [0.3, 0.4) is 0 Å². The molecule has 7 heteroatoms. The molecule has 2 aliphatic rings. The Morgan fingerprint density at radius 3 is 2.56 bits per heavy atom. The Morgan fingerprint density at radius 1 is 1.26 bits per heavy atom. The molecule has 1 amide bonds. The first-order chi connectivity index (χ1) is 12.6. The predicted molar refractivity (Wildman–Crippen MR) is 99.0 cm³/mol. The summed E-state index contributed by atoms with van der Waals surface area (Å²) in [6, 6.07) is 5.38. The van der Waals surface area contributed by atoms with E-state index < -0.39 is 23.5 Å². The fourth-order valence-corrected chi connectivity index (χ4v) is 3.58. The van der Waals surface area contributed by atoms with Crippen LogP contribution in [0.2, 0.25) is 0 Å². The Labute approximate surface area is 160 Å². The van der Waals surface area contributed by atoms with Gasteiger partial charge in [0.15, 0.2) is 11.5 Å². The maximum Gasteiger partial charge on any atom is 0.412 e. The van der Waals surface area contributed by atoms with E-state index in [0.717, 1.165) is 11.3 Å². The molecule has 7 nitrogen and oxygen atoms in total. The van der Waals surface area contributed by atoms with Crippen molar-refractivity contribution in [1.82, 2.24) is 4.90 Å². The van der Waals surface area contributed by atoms with Crippen molar-refractivity contribution in [3.8, 4) is 11.5 Å². The lowest BCUT2D eigenvalue weighted by Crippen LogP contribution is -2.51. The maximum atomic E-state index is 12.9. The highest BCUT2D eigenvalue weighted by atomic mass is 16.6. The number of carbonyl (C=O) groups is 1. The van der Waals surface area contributed by atoms with E-state index in [1.165, 1.54) is 0 Å². The van der Waals surface area contributed by atoms with E-state index in [1.54, 1.807) is 4.90 Å². The van der Waals surface area contributed by atoms with E-state index in [2.05, 4.69) is 0 Å². The molecular weight excluding hydrogens is 350 g/mol. The van der Waals surface area contributed by atoms with Crippen molar-refractivity contribution in [1.29, 1.82) is 0 Å². The lowest BCUT2D eigenvalue weighted by atomic mass is 10.00. The summed E-state index contributed by atoms with van der Waals surface area (Å²) in [7, 11) is 0. The molecule has 2 atom stereocenters. The summed E-state index contributed by atoms with van der Waals surface area (Å²) < 4.78 is 22.8. The lowest BCUT2D eigenvalue weighted by molar-refractivity contribution is -0.0866. The van der Waals surface area contributed by atoms with Crippen LogP contribution in [-0.2, 0) is 15.9 Å². The molecule has 1 saturated heterocycles. The van der Waals surface area contributed by atoms with Gasteiger partial charge < -0.3 is 24.1 Å². The van der Waals surface area contributed by atoms with Crippen LogP contribution in [-0.4, -0.2) is 59.4 Å². The van der Waals surface area contributed by atoms with Gasteiger partial charge >= 0.3 is 6.09 Å². The number of aliphatic hydroxyl groups is 1. The zero-order valence-corrected chi connectivity index (χ0v) is 16.7. The number of hydrogen-bond donors (Lipinski definition) is 1. The second-order valence-electron chi connectivity index (χ2n) is 8.39. The number of aliphatic hydroxyl groups excluding tert-OH is 1. The van der Waals surface area contributed by atoms with Crippen molar-refractivity contribution >= 4 is 6.09 Å². The molecule has 1 aromatic rings. The number of benzene rings is 1. The number of fused-ring (bicyclic) bond motifs is 1. The zero-order valence-electron chi connectivity index (χ0n) is 16.7. The van der Waals surface area contributed by atoms with Crippen LogP contribution >= 0.6 is 0 Å². The average Bonchev–Trinajstić information content (AvgIpc) is 2.83. The first-order valence-electron chi connectivity index (χ1n) is 9.30. The second kappa shape index (κ2) is 7.20. The van der Waals surface area contributed by atoms with Crippen molar-refractivity contribution in [3.05, 3.63) is 23.8 Å². The molecule has 0 unspecified atom stereocenters. The van der Waals surface area contributed by atoms with Gasteiger partial charge in [-0.3, -0.25) is 4.90 Å². The molecular formula is C20H29NO6. The maximum absolute atomic E-state index is 12.9. The van der Waals surface area contributed by atoms with Gasteiger partial charge in [-0.15, -0.1) is 0 Å². The number of rotatable bonds is 3. The molecule has 0 aromatic heterocycles. The topological polar surface area (TPSA) is 77.5 Å². The van der Waals surface area contributed by atoms with Crippen LogP contribution in [0.5, 0.6) is 11.5 Å². The highest BCUT2D eigenvalue weighted by molar-refractivity contribution is 5.70. The third-order valence-electron chi connectivity index (χ3n) is 4.60. The zero-order chi connectivity index (χ0) is 19.8. The van der Waals surface area contributed by atoms with Gasteiger partial charge in [-0.05, 0) is 58.7 Å². The minimum absolute atomic E-state index is 0.183. The van der Waals surface area contributed by atoms with Gasteiger partial charge in [-0.1, -0.05) is 6.07 Å². The Morgan fingerprint density at radius 2 is 1.93 bits per heavy atom. The van der Waals surface area contributed by atoms with E-state index in [4.69, 9.17) is 18.9 Å². The normalized spacial score (nSPS) is 24.0. The first-order valence-corrected chi connectivity index (χ1v) is 9.30. The lowest BCUT2D eigenvalue weighted by Gasteiger charge is -2.35. The molecule has 0 radical (unpaired) electrons. The Balaban J connectivity index is 1.86. The van der Waals surface area contributed by atoms with Crippen LogP contribution in [0.1, 0.15) is 40.2 Å². The van der Waals surface area contributed by atoms with Crippen LogP contribution in [0.15, 0.2) is 18.2 Å². The van der Waals surface area contributed by atoms with Crippen molar-refractivity contribution in [2.75, 3.05) is 19.8 Å². The van der Waals surface area contributed by atoms with Crippen LogP contribution in [0.4, 0.5) is 4.79 Å². The Kier molecular flexibility index (Phi) is 5.27. The monoisotopic (exact) mass is 379 g/mol. The standard InChI is InChI=1S/C20H29NO6/c1-19(2,3)27-18(23)21-14(17(12-22)26-20(21,4)5)10-13-6-7-15-16(11-13)25-9-8-24-15/h6-7,11,14,17,22H,8-10,12H2,1-5H3/t14-,17+/m0/s1. The summed E-state index contributed by atoms with van der Waals surface area (Å²) in [6.45, 7) is 9.97. The smallest absolute Gasteiger partial charge is 0.412 e. The molecule has 2 heterocycles. The molecule has 1 aromatic carbocycles. The highest BCUT2D eigenvalue weighted by Crippen LogP contribution is 2.37. The van der Waals surface area contributed by atoms with Gasteiger partial charge in [0.1, 0.15) is 30.6 Å². The summed E-state index contributed by atoms with van der Waals surface area (Å²) >= 11 is 0. The van der Waals surface area contributed by atoms with Crippen LogP contribution < -0.4 is 9.47 Å². The van der Waals surface area contributed by atoms with Crippen molar-refractivity contribution in [2.45, 2.75) is 64.5 Å². The SMILES string of the molecule is CC(C)(C)OC(=O)N1[C@@H](Cc2ccc3c(c2)OCCO3)[C@@H](CO)OC1(C)C. The van der Waals surface area contributed by atoms with Gasteiger partial charge in [0.25, 0.3) is 0 Å². The Hall–Kier alpha value is -1.99. The molecule has 150 valence electrons. The molecule has 0 saturated carbocycles. The van der Waals surface area contributed by atoms with Gasteiger partial charge in [-0.2, -0.15) is 0 Å². The van der Waals surface area contributed by atoms with Crippen molar-refractivity contribution < 1.29 is 28.8 Å². The number of carbonyl (C=O) groups excluding carboxylic acids is 1. The summed E-state index contributed by atoms with van der Waals surface area (Å²) in [5.41, 5.74) is -0.530. The average molecular weight is 379 g/mol. The minimum Gasteiger partial charge on any atom is -0.486 e. The summed E-state index contributed by atoms with van der Waals surface area (Å²) in [5.74, 6) is 1.41. The largest absolute Gasteiger partial charge is 0.486 e. The number of nitrogens with zero attached hydrogens (tertiary/aromatic N) is 1. The number of hydrogen-bond acceptors (Lipinski definition) is 6. The molecule has 3 rings (SSSR count). The molecule has 0 aliphatic carbocycles. The molecule has 27 heavy (non-hydrogen) atoms. The molecule has 2 aliphatic heterocycles. The van der Waals surface area contributed by atoms with E-state index in [-0.39, 0.29) is 12.6 Å². The highest BCUT2D eigenvalue weighted by Gasteiger charge is 2.50. The Bertz CT molecular complexity index is 696. The second-order valence-corrected chi connectivity index (χ2v) is 8.39. The van der Waals surface area contributed by atoms with Gasteiger partial charge in [0, 0.05) is 0 Å². The number of amides is 1. The summed E-state index contributed by atoms with van der Waals surface area (Å²) in [6.07, 6.45) is -0.448. The fraction of sp³-hybridized carbons (Fsp3) is 0.650. The van der Waals surface area contributed by atoms with Gasteiger partial charge in [-0.25, -0.2) is 4.79 Å². The number of ether oxygens (including phenoxy) is 4. The fourth-order valence-electron chi connectivity index (χ4n) is 3.58. The van der Waals surface area contributed by atoms with E-state index >= 15 is 0 Å². The summed E-state index contributed by atoms with van der Waals surface area (Å²) in [5, 5.41) is 9.82. The van der Waals surface area contributed by atoms with Crippen LogP contribution in [0, 0.1) is 0 Å².